The first kappa shape index (κ1) is 27.1. The molecule has 0 radical (unpaired) electrons. The molecule has 0 atom stereocenters. The van der Waals surface area contributed by atoms with Crippen molar-refractivity contribution in [3.63, 3.8) is 0 Å². The molecule has 4 aromatic carbocycles. The van der Waals surface area contributed by atoms with E-state index in [1.165, 1.54) is 27.8 Å². The van der Waals surface area contributed by atoms with Gasteiger partial charge in [-0.05, 0) is 89.0 Å². The summed E-state index contributed by atoms with van der Waals surface area (Å²) >= 11 is 7.51. The summed E-state index contributed by atoms with van der Waals surface area (Å²) in [6, 6.07) is 30.1. The molecule has 5 rings (SSSR count). The van der Waals surface area contributed by atoms with E-state index < -0.39 is 5.41 Å². The molecule has 0 aliphatic heterocycles. The maximum absolute atomic E-state index is 6.35. The largest absolute Gasteiger partial charge is 0.490 e. The maximum Gasteiger partial charge on any atom is 0.182 e. The molecule has 0 unspecified atom stereocenters. The summed E-state index contributed by atoms with van der Waals surface area (Å²) in [5, 5.41) is 0. The van der Waals surface area contributed by atoms with Gasteiger partial charge in [-0.15, -0.1) is 0 Å². The fraction of sp³-hybridized carbons (Fsp3) is 0.200. The predicted octanol–water partition coefficient (Wildman–Crippen LogP) is 9.51. The third-order valence-corrected chi connectivity index (χ3v) is 8.04. The number of unbranched alkanes of at least 4 members (excludes halogenated alkanes) is 2. The Labute approximate surface area is 248 Å². The lowest BCUT2D eigenvalue weighted by Crippen LogP contribution is -2.28. The molecule has 0 spiro atoms. The second-order valence-electron chi connectivity index (χ2n) is 9.42. The highest BCUT2D eigenvalue weighted by Gasteiger charge is 2.46. The van der Waals surface area contributed by atoms with E-state index in [-0.39, 0.29) is 0 Å². The normalized spacial score (nSPS) is 12.3. The van der Waals surface area contributed by atoms with Crippen molar-refractivity contribution in [2.75, 3.05) is 6.61 Å². The van der Waals surface area contributed by atoms with Crippen LogP contribution in [0.15, 0.2) is 93.9 Å². The van der Waals surface area contributed by atoms with Gasteiger partial charge in [-0.3, -0.25) is 0 Å². The maximum atomic E-state index is 6.35. The molecule has 0 saturated carbocycles. The molecule has 4 aromatic rings. The summed E-state index contributed by atoms with van der Waals surface area (Å²) < 4.78 is 14.3. The fourth-order valence-corrected chi connectivity index (χ4v) is 6.11. The minimum Gasteiger partial charge on any atom is -0.490 e. The van der Waals surface area contributed by atoms with Gasteiger partial charge in [-0.25, -0.2) is 0 Å². The summed E-state index contributed by atoms with van der Waals surface area (Å²) in [5.41, 5.74) is 6.62. The molecule has 0 fully saturated rings. The number of benzene rings is 4. The first-order valence-electron chi connectivity index (χ1n) is 13.1. The fourth-order valence-electron chi connectivity index (χ4n) is 5.39. The van der Waals surface area contributed by atoms with Crippen molar-refractivity contribution in [1.29, 1.82) is 0 Å². The lowest BCUT2D eigenvalue weighted by molar-refractivity contribution is 0.294. The van der Waals surface area contributed by atoms with Gasteiger partial charge < -0.3 is 9.47 Å². The van der Waals surface area contributed by atoms with E-state index in [0.29, 0.717) is 18.1 Å². The van der Waals surface area contributed by atoms with Gasteiger partial charge in [0.1, 0.15) is 6.11 Å². The lowest BCUT2D eigenvalue weighted by Gasteiger charge is -2.34. The molecule has 0 aromatic heterocycles. The van der Waals surface area contributed by atoms with Crippen molar-refractivity contribution in [1.82, 2.24) is 0 Å². The highest BCUT2D eigenvalue weighted by atomic mass is 79.9. The monoisotopic (exact) mass is 638 g/mol. The lowest BCUT2D eigenvalue weighted by atomic mass is 9.67. The Morgan fingerprint density at radius 3 is 2.05 bits per heavy atom. The molecule has 0 bridgehead atoms. The molecule has 0 heterocycles. The highest BCUT2D eigenvalue weighted by Crippen LogP contribution is 2.57. The number of rotatable bonds is 8. The quantitative estimate of drug-likeness (QED) is 0.124. The second-order valence-corrected chi connectivity index (χ2v) is 11.2. The summed E-state index contributed by atoms with van der Waals surface area (Å²) in [5.74, 6) is 9.50. The number of fused-ring (bicyclic) bond motifs is 3. The van der Waals surface area contributed by atoms with E-state index in [0.717, 1.165) is 33.8 Å². The van der Waals surface area contributed by atoms with Crippen molar-refractivity contribution >= 4 is 31.9 Å². The molecule has 2 nitrogen and oxygen atoms in total. The molecule has 0 saturated heterocycles. The van der Waals surface area contributed by atoms with E-state index in [2.05, 4.69) is 142 Å². The Balaban J connectivity index is 1.77. The number of halogens is 2. The van der Waals surface area contributed by atoms with E-state index in [1.54, 1.807) is 6.92 Å². The predicted molar refractivity (Wildman–Crippen MR) is 166 cm³/mol. The van der Waals surface area contributed by atoms with Crippen LogP contribution in [0.25, 0.3) is 11.1 Å². The van der Waals surface area contributed by atoms with Crippen LogP contribution < -0.4 is 9.47 Å². The van der Waals surface area contributed by atoms with Gasteiger partial charge in [-0.2, -0.15) is 0 Å². The molecular weight excluding hydrogens is 612 g/mol. The van der Waals surface area contributed by atoms with E-state index in [9.17, 15) is 0 Å². The van der Waals surface area contributed by atoms with Gasteiger partial charge >= 0.3 is 0 Å². The average molecular weight is 640 g/mol. The summed E-state index contributed by atoms with van der Waals surface area (Å²) in [6.07, 6.45) is 5.92. The van der Waals surface area contributed by atoms with Gasteiger partial charge in [-0.1, -0.05) is 106 Å². The van der Waals surface area contributed by atoms with E-state index in [4.69, 9.17) is 9.47 Å². The van der Waals surface area contributed by atoms with E-state index >= 15 is 0 Å². The standard InChI is InChI=1S/C35H28Br2O2/c1-3-5-10-20-38-33-19-14-26(22-34(33)39-21-11-6-4-2)35(25-12-8-7-9-13-25)31-23-27(36)15-17-29(31)30-18-16-28(37)24-32(30)35/h7-9,12-19,22-24H,4,6,11,21H2,1-2H3. The third-order valence-electron chi connectivity index (χ3n) is 7.05. The van der Waals surface area contributed by atoms with Gasteiger partial charge in [0.25, 0.3) is 0 Å². The third kappa shape index (κ3) is 5.25. The SMILES string of the molecule is CC#CC#COc1ccc(C2(c3ccccc3)c3cc(Br)ccc3-c3ccc(Br)cc32)cc1OCCCCC. The molecule has 1 aliphatic rings. The van der Waals surface area contributed by atoms with Gasteiger partial charge in [0.05, 0.1) is 12.0 Å². The Morgan fingerprint density at radius 1 is 0.718 bits per heavy atom. The van der Waals surface area contributed by atoms with Crippen LogP contribution in [0.1, 0.15) is 55.4 Å². The summed E-state index contributed by atoms with van der Waals surface area (Å²) in [4.78, 5) is 0. The Kier molecular flexibility index (Phi) is 8.47. The van der Waals surface area contributed by atoms with Crippen LogP contribution in [0, 0.1) is 23.9 Å². The van der Waals surface area contributed by atoms with Crippen LogP contribution in [0.4, 0.5) is 0 Å². The first-order chi connectivity index (χ1) is 19.1. The van der Waals surface area contributed by atoms with Crippen molar-refractivity contribution in [3.05, 3.63) is 116 Å². The highest BCUT2D eigenvalue weighted by molar-refractivity contribution is 9.10. The van der Waals surface area contributed by atoms with Crippen LogP contribution in [-0.2, 0) is 5.41 Å². The smallest absolute Gasteiger partial charge is 0.182 e. The molecule has 194 valence electrons. The summed E-state index contributed by atoms with van der Waals surface area (Å²) in [6.45, 7) is 4.55. The van der Waals surface area contributed by atoms with Crippen LogP contribution in [0.3, 0.4) is 0 Å². The van der Waals surface area contributed by atoms with Crippen LogP contribution in [0.2, 0.25) is 0 Å². The van der Waals surface area contributed by atoms with Crippen LogP contribution in [0.5, 0.6) is 11.5 Å². The minimum atomic E-state index is -0.557. The van der Waals surface area contributed by atoms with Crippen molar-refractivity contribution in [3.8, 4) is 46.5 Å². The number of ether oxygens (including phenoxy) is 2. The molecule has 39 heavy (non-hydrogen) atoms. The van der Waals surface area contributed by atoms with Crippen molar-refractivity contribution in [2.45, 2.75) is 38.5 Å². The molecular formula is C35H28Br2O2. The van der Waals surface area contributed by atoms with E-state index in [1.807, 2.05) is 6.07 Å². The topological polar surface area (TPSA) is 18.5 Å². The molecule has 0 N–H and O–H groups in total. The average Bonchev–Trinajstić information content (AvgIpc) is 3.23. The number of hydrogen-bond donors (Lipinski definition) is 0. The zero-order chi connectivity index (χ0) is 27.2. The van der Waals surface area contributed by atoms with Crippen LogP contribution in [-0.4, -0.2) is 6.61 Å². The Hall–Kier alpha value is -3.44. The summed E-state index contributed by atoms with van der Waals surface area (Å²) in [7, 11) is 0. The Bertz CT molecular complexity index is 1570. The first-order valence-corrected chi connectivity index (χ1v) is 14.7. The second kappa shape index (κ2) is 12.2. The van der Waals surface area contributed by atoms with Crippen molar-refractivity contribution in [2.24, 2.45) is 0 Å². The Morgan fingerprint density at radius 2 is 1.41 bits per heavy atom. The van der Waals surface area contributed by atoms with Gasteiger partial charge in [0.2, 0.25) is 0 Å². The molecule has 1 aliphatic carbocycles. The number of hydrogen-bond acceptors (Lipinski definition) is 2. The minimum absolute atomic E-state index is 0.557. The van der Waals surface area contributed by atoms with Gasteiger partial charge in [0, 0.05) is 14.9 Å². The zero-order valence-corrected chi connectivity index (χ0v) is 25.2. The van der Waals surface area contributed by atoms with Gasteiger partial charge in [0.15, 0.2) is 11.5 Å². The van der Waals surface area contributed by atoms with Crippen LogP contribution >= 0.6 is 31.9 Å². The van der Waals surface area contributed by atoms with Crippen molar-refractivity contribution < 1.29 is 9.47 Å². The zero-order valence-electron chi connectivity index (χ0n) is 22.0. The molecule has 4 heteroatoms. The molecule has 0 amide bonds.